The van der Waals surface area contributed by atoms with Gasteiger partial charge >= 0.3 is 0 Å². The largest absolute Gasteiger partial charge is 0.334 e. The molecule has 0 radical (unpaired) electrons. The molecule has 3 nitrogen and oxygen atoms in total. The van der Waals surface area contributed by atoms with Crippen LogP contribution in [0.15, 0.2) is 0 Å². The lowest BCUT2D eigenvalue weighted by molar-refractivity contribution is -0.897. The van der Waals surface area contributed by atoms with E-state index in [0.717, 1.165) is 13.1 Å². The van der Waals surface area contributed by atoms with Gasteiger partial charge in [0, 0.05) is 13.1 Å². The lowest BCUT2D eigenvalue weighted by atomic mass is 10.4. The van der Waals surface area contributed by atoms with Gasteiger partial charge in [-0.2, -0.15) is 0 Å². The van der Waals surface area contributed by atoms with Crippen molar-refractivity contribution >= 4 is 0 Å². The van der Waals surface area contributed by atoms with Crippen molar-refractivity contribution in [2.45, 2.75) is 27.7 Å². The lowest BCUT2D eigenvalue weighted by Gasteiger charge is -2.17. The quantitative estimate of drug-likeness (QED) is 0.378. The van der Waals surface area contributed by atoms with Gasteiger partial charge in [0.05, 0.1) is 39.3 Å². The zero-order chi connectivity index (χ0) is 11.5. The summed E-state index contributed by atoms with van der Waals surface area (Å²) in [7, 11) is 0. The Kier molecular flexibility index (Phi) is 10.3. The van der Waals surface area contributed by atoms with Crippen molar-refractivity contribution in [1.82, 2.24) is 5.32 Å². The van der Waals surface area contributed by atoms with Gasteiger partial charge in [-0.05, 0) is 27.7 Å². The van der Waals surface area contributed by atoms with Crippen LogP contribution >= 0.6 is 0 Å². The predicted octanol–water partition coefficient (Wildman–Crippen LogP) is -1.57. The van der Waals surface area contributed by atoms with Crippen molar-refractivity contribution in [3.8, 4) is 0 Å². The van der Waals surface area contributed by atoms with Crippen LogP contribution in [0.1, 0.15) is 27.7 Å². The molecule has 0 bridgehead atoms. The van der Waals surface area contributed by atoms with Gasteiger partial charge in [-0.1, -0.05) is 0 Å². The topological polar surface area (TPSA) is 20.9 Å². The molecule has 0 aromatic rings. The van der Waals surface area contributed by atoms with Crippen LogP contribution in [-0.2, 0) is 0 Å². The molecule has 0 rings (SSSR count). The van der Waals surface area contributed by atoms with Crippen LogP contribution in [0.5, 0.6) is 0 Å². The molecule has 0 saturated carbocycles. The fraction of sp³-hybridized carbons (Fsp3) is 1.00. The lowest BCUT2D eigenvalue weighted by Crippen LogP contribution is -3.12. The molecule has 0 atom stereocenters. The number of likely N-dealkylation sites (N-methyl/N-ethyl adjacent to an activating group) is 2. The molecule has 0 spiro atoms. The van der Waals surface area contributed by atoms with Crippen LogP contribution in [-0.4, -0.2) is 52.4 Å². The smallest absolute Gasteiger partial charge is 0.0897 e. The highest BCUT2D eigenvalue weighted by Crippen LogP contribution is 1.57. The molecular weight excluding hydrogens is 186 g/mol. The van der Waals surface area contributed by atoms with E-state index in [0.29, 0.717) is 0 Å². The Bertz CT molecular complexity index is 106. The van der Waals surface area contributed by atoms with Crippen molar-refractivity contribution in [3.05, 3.63) is 0 Å². The SMILES string of the molecule is CC[NH+](CC)CCNCC[NH+](CC)CC. The number of nitrogens with one attached hydrogen (secondary N) is 3. The van der Waals surface area contributed by atoms with Crippen molar-refractivity contribution in [2.75, 3.05) is 52.4 Å². The molecule has 15 heavy (non-hydrogen) atoms. The van der Waals surface area contributed by atoms with Gasteiger partial charge in [-0.25, -0.2) is 0 Å². The summed E-state index contributed by atoms with van der Waals surface area (Å²) in [6, 6.07) is 0. The number of rotatable bonds is 10. The van der Waals surface area contributed by atoms with E-state index in [1.54, 1.807) is 9.80 Å². The molecule has 0 aliphatic rings. The Labute approximate surface area is 95.8 Å². The minimum Gasteiger partial charge on any atom is -0.334 e. The molecule has 0 aliphatic heterocycles. The monoisotopic (exact) mass is 217 g/mol. The maximum Gasteiger partial charge on any atom is 0.0897 e. The van der Waals surface area contributed by atoms with Crippen LogP contribution in [0.3, 0.4) is 0 Å². The fourth-order valence-corrected chi connectivity index (χ4v) is 1.86. The van der Waals surface area contributed by atoms with E-state index >= 15 is 0 Å². The van der Waals surface area contributed by atoms with Crippen LogP contribution in [0.2, 0.25) is 0 Å². The maximum absolute atomic E-state index is 3.54. The zero-order valence-corrected chi connectivity index (χ0v) is 11.2. The average Bonchev–Trinajstić information content (AvgIpc) is 2.29. The molecule has 0 fully saturated rings. The highest BCUT2D eigenvalue weighted by atomic mass is 15.1. The highest BCUT2D eigenvalue weighted by Gasteiger charge is 2.03. The minimum absolute atomic E-state index is 1.16. The number of hydrogen-bond donors (Lipinski definition) is 3. The van der Waals surface area contributed by atoms with Crippen LogP contribution in [0.25, 0.3) is 0 Å². The molecule has 92 valence electrons. The third-order valence-electron chi connectivity index (χ3n) is 3.31. The summed E-state index contributed by atoms with van der Waals surface area (Å²) in [6.45, 7) is 18.9. The van der Waals surface area contributed by atoms with Gasteiger partial charge in [-0.3, -0.25) is 0 Å². The Morgan fingerprint density at radius 1 is 0.667 bits per heavy atom. The van der Waals surface area contributed by atoms with Gasteiger partial charge in [0.1, 0.15) is 0 Å². The molecule has 3 heteroatoms. The summed E-state index contributed by atoms with van der Waals surface area (Å²) in [5, 5.41) is 3.54. The molecule has 0 aromatic carbocycles. The molecule has 0 amide bonds. The van der Waals surface area contributed by atoms with E-state index in [1.165, 1.54) is 39.3 Å². The fourth-order valence-electron chi connectivity index (χ4n) is 1.86. The third kappa shape index (κ3) is 7.77. The van der Waals surface area contributed by atoms with Gasteiger partial charge < -0.3 is 15.1 Å². The second-order valence-corrected chi connectivity index (χ2v) is 4.16. The van der Waals surface area contributed by atoms with Crippen molar-refractivity contribution in [2.24, 2.45) is 0 Å². The Morgan fingerprint density at radius 3 is 1.27 bits per heavy atom. The van der Waals surface area contributed by atoms with Gasteiger partial charge in [0.15, 0.2) is 0 Å². The zero-order valence-electron chi connectivity index (χ0n) is 11.2. The summed E-state index contributed by atoms with van der Waals surface area (Å²) < 4.78 is 0. The summed E-state index contributed by atoms with van der Waals surface area (Å²) in [4.78, 5) is 3.38. The summed E-state index contributed by atoms with van der Waals surface area (Å²) in [6.07, 6.45) is 0. The van der Waals surface area contributed by atoms with Crippen molar-refractivity contribution in [3.63, 3.8) is 0 Å². The molecule has 0 heterocycles. The summed E-state index contributed by atoms with van der Waals surface area (Å²) in [5.74, 6) is 0. The van der Waals surface area contributed by atoms with Gasteiger partial charge in [-0.15, -0.1) is 0 Å². The van der Waals surface area contributed by atoms with E-state index < -0.39 is 0 Å². The van der Waals surface area contributed by atoms with Gasteiger partial charge in [0.25, 0.3) is 0 Å². The first-order valence-electron chi connectivity index (χ1n) is 6.66. The number of hydrogen-bond acceptors (Lipinski definition) is 1. The Balaban J connectivity index is 3.30. The molecule has 3 N–H and O–H groups in total. The van der Waals surface area contributed by atoms with Crippen LogP contribution < -0.4 is 15.1 Å². The first-order chi connectivity index (χ1) is 7.28. The maximum atomic E-state index is 3.54. The predicted molar refractivity (Wildman–Crippen MR) is 66.7 cm³/mol. The van der Waals surface area contributed by atoms with Gasteiger partial charge in [0.2, 0.25) is 0 Å². The normalized spacial score (nSPS) is 11.6. The minimum atomic E-state index is 1.16. The highest BCUT2D eigenvalue weighted by molar-refractivity contribution is 4.43. The van der Waals surface area contributed by atoms with E-state index in [-0.39, 0.29) is 0 Å². The number of quaternary nitrogens is 2. The molecule has 0 aliphatic carbocycles. The summed E-state index contributed by atoms with van der Waals surface area (Å²) in [5.41, 5.74) is 0. The van der Waals surface area contributed by atoms with E-state index in [2.05, 4.69) is 33.0 Å². The third-order valence-corrected chi connectivity index (χ3v) is 3.31. The van der Waals surface area contributed by atoms with E-state index in [1.807, 2.05) is 0 Å². The van der Waals surface area contributed by atoms with Crippen LogP contribution in [0, 0.1) is 0 Å². The van der Waals surface area contributed by atoms with E-state index in [9.17, 15) is 0 Å². The Morgan fingerprint density at radius 2 is 1.00 bits per heavy atom. The second kappa shape index (κ2) is 10.4. The molecule has 0 saturated heterocycles. The van der Waals surface area contributed by atoms with Crippen molar-refractivity contribution in [1.29, 1.82) is 0 Å². The second-order valence-electron chi connectivity index (χ2n) is 4.16. The summed E-state index contributed by atoms with van der Waals surface area (Å²) >= 11 is 0. The molecule has 0 aromatic heterocycles. The van der Waals surface area contributed by atoms with Crippen LogP contribution in [0.4, 0.5) is 0 Å². The molecule has 0 unspecified atom stereocenters. The first-order valence-corrected chi connectivity index (χ1v) is 6.66. The Hall–Kier alpha value is -0.120. The van der Waals surface area contributed by atoms with Crippen molar-refractivity contribution < 1.29 is 9.80 Å². The first kappa shape index (κ1) is 14.9. The molecular formula is C12H31N3+2. The standard InChI is InChI=1S/C12H29N3/c1-5-14(6-2)11-9-13-10-12-15(7-3)8-4/h13H,5-12H2,1-4H3/p+2. The average molecular weight is 217 g/mol. The van der Waals surface area contributed by atoms with E-state index in [4.69, 9.17) is 0 Å².